The molecule has 0 unspecified atom stereocenters. The standard InChI is InChI=1S/C12H21NO4/c1-8(2)11(12(15)16)13-10(14)7-9-5-3-4-6-17-9/h8-9,11H,3-7H2,1-2H3,(H,13,14)(H,15,16)/t9-,11+/m0/s1. The van der Waals surface area contributed by atoms with E-state index in [0.717, 1.165) is 19.3 Å². The maximum Gasteiger partial charge on any atom is 0.326 e. The molecule has 1 heterocycles. The van der Waals surface area contributed by atoms with Crippen molar-refractivity contribution in [3.8, 4) is 0 Å². The second-order valence-electron chi connectivity index (χ2n) is 4.82. The molecule has 0 aromatic heterocycles. The van der Waals surface area contributed by atoms with Gasteiger partial charge in [-0.3, -0.25) is 4.79 Å². The van der Waals surface area contributed by atoms with Crippen molar-refractivity contribution in [1.82, 2.24) is 5.32 Å². The predicted molar refractivity (Wildman–Crippen MR) is 62.6 cm³/mol. The first-order chi connectivity index (χ1) is 8.00. The van der Waals surface area contributed by atoms with Crippen molar-refractivity contribution in [3.05, 3.63) is 0 Å². The molecule has 1 aliphatic rings. The number of aliphatic carboxylic acids is 1. The Hall–Kier alpha value is -1.10. The number of hydrogen-bond acceptors (Lipinski definition) is 3. The Bertz CT molecular complexity index is 272. The summed E-state index contributed by atoms with van der Waals surface area (Å²) in [5.74, 6) is -1.35. The summed E-state index contributed by atoms with van der Waals surface area (Å²) in [7, 11) is 0. The van der Waals surface area contributed by atoms with E-state index in [-0.39, 0.29) is 24.3 Å². The maximum absolute atomic E-state index is 11.7. The van der Waals surface area contributed by atoms with Crippen LogP contribution in [0.1, 0.15) is 39.5 Å². The van der Waals surface area contributed by atoms with Crippen LogP contribution in [-0.2, 0) is 14.3 Å². The Morgan fingerprint density at radius 3 is 2.59 bits per heavy atom. The van der Waals surface area contributed by atoms with Crippen molar-refractivity contribution >= 4 is 11.9 Å². The van der Waals surface area contributed by atoms with Crippen LogP contribution < -0.4 is 5.32 Å². The number of rotatable bonds is 5. The lowest BCUT2D eigenvalue weighted by Crippen LogP contribution is -2.45. The van der Waals surface area contributed by atoms with Crippen LogP contribution in [0.25, 0.3) is 0 Å². The average molecular weight is 243 g/mol. The van der Waals surface area contributed by atoms with Gasteiger partial charge in [0, 0.05) is 6.61 Å². The molecule has 17 heavy (non-hydrogen) atoms. The molecule has 98 valence electrons. The summed E-state index contributed by atoms with van der Waals surface area (Å²) in [6.07, 6.45) is 3.21. The van der Waals surface area contributed by atoms with Crippen molar-refractivity contribution in [2.45, 2.75) is 51.7 Å². The molecule has 0 bridgehead atoms. The van der Waals surface area contributed by atoms with Crippen molar-refractivity contribution in [3.63, 3.8) is 0 Å². The van der Waals surface area contributed by atoms with Gasteiger partial charge in [-0.05, 0) is 25.2 Å². The maximum atomic E-state index is 11.7. The van der Waals surface area contributed by atoms with Crippen LogP contribution in [0.5, 0.6) is 0 Å². The molecular weight excluding hydrogens is 222 g/mol. The fraction of sp³-hybridized carbons (Fsp3) is 0.833. The Balaban J connectivity index is 2.38. The van der Waals surface area contributed by atoms with Gasteiger partial charge < -0.3 is 15.2 Å². The van der Waals surface area contributed by atoms with E-state index in [9.17, 15) is 9.59 Å². The number of carboxylic acid groups (broad SMARTS) is 1. The molecule has 2 N–H and O–H groups in total. The van der Waals surface area contributed by atoms with E-state index in [1.54, 1.807) is 13.8 Å². The molecule has 1 saturated heterocycles. The quantitative estimate of drug-likeness (QED) is 0.760. The normalized spacial score (nSPS) is 22.2. The minimum atomic E-state index is -0.988. The van der Waals surface area contributed by atoms with Crippen LogP contribution in [0.3, 0.4) is 0 Å². The van der Waals surface area contributed by atoms with Gasteiger partial charge >= 0.3 is 5.97 Å². The lowest BCUT2D eigenvalue weighted by Gasteiger charge is -2.23. The first kappa shape index (κ1) is 14.0. The Kier molecular flexibility index (Phi) is 5.41. The predicted octanol–water partition coefficient (Wildman–Crippen LogP) is 1.17. The third kappa shape index (κ3) is 4.73. The zero-order chi connectivity index (χ0) is 12.8. The lowest BCUT2D eigenvalue weighted by molar-refractivity contribution is -0.143. The van der Waals surface area contributed by atoms with Gasteiger partial charge in [0.2, 0.25) is 5.91 Å². The van der Waals surface area contributed by atoms with Gasteiger partial charge in [0.25, 0.3) is 0 Å². The molecule has 1 fully saturated rings. The van der Waals surface area contributed by atoms with Crippen molar-refractivity contribution in [2.24, 2.45) is 5.92 Å². The van der Waals surface area contributed by atoms with Crippen molar-refractivity contribution in [2.75, 3.05) is 6.61 Å². The number of carbonyl (C=O) groups is 2. The topological polar surface area (TPSA) is 75.6 Å². The highest BCUT2D eigenvalue weighted by molar-refractivity contribution is 5.83. The minimum Gasteiger partial charge on any atom is -0.480 e. The summed E-state index contributed by atoms with van der Waals surface area (Å²) in [6.45, 7) is 4.25. The zero-order valence-electron chi connectivity index (χ0n) is 10.4. The van der Waals surface area contributed by atoms with Crippen LogP contribution in [0, 0.1) is 5.92 Å². The van der Waals surface area contributed by atoms with Crippen LogP contribution >= 0.6 is 0 Å². The third-order valence-electron chi connectivity index (χ3n) is 2.94. The van der Waals surface area contributed by atoms with Crippen molar-refractivity contribution < 1.29 is 19.4 Å². The fourth-order valence-corrected chi connectivity index (χ4v) is 1.92. The van der Waals surface area contributed by atoms with E-state index in [2.05, 4.69) is 5.32 Å². The Morgan fingerprint density at radius 1 is 1.41 bits per heavy atom. The molecule has 0 spiro atoms. The van der Waals surface area contributed by atoms with E-state index in [1.165, 1.54) is 0 Å². The zero-order valence-corrected chi connectivity index (χ0v) is 10.4. The number of nitrogens with one attached hydrogen (secondary N) is 1. The summed E-state index contributed by atoms with van der Waals surface area (Å²) in [5.41, 5.74) is 0. The highest BCUT2D eigenvalue weighted by Gasteiger charge is 2.25. The van der Waals surface area contributed by atoms with Gasteiger partial charge in [-0.25, -0.2) is 4.79 Å². The molecule has 1 rings (SSSR count). The number of hydrogen-bond donors (Lipinski definition) is 2. The largest absolute Gasteiger partial charge is 0.480 e. The molecule has 5 heteroatoms. The van der Waals surface area contributed by atoms with Crippen molar-refractivity contribution in [1.29, 1.82) is 0 Å². The van der Waals surface area contributed by atoms with E-state index >= 15 is 0 Å². The van der Waals surface area contributed by atoms with Gasteiger partial charge in [-0.15, -0.1) is 0 Å². The van der Waals surface area contributed by atoms with E-state index in [4.69, 9.17) is 9.84 Å². The average Bonchev–Trinajstić information content (AvgIpc) is 2.26. The number of ether oxygens (including phenoxy) is 1. The molecule has 0 aliphatic carbocycles. The molecular formula is C12H21NO4. The molecule has 1 aliphatic heterocycles. The summed E-state index contributed by atoms with van der Waals surface area (Å²) in [5, 5.41) is 11.5. The van der Waals surface area contributed by atoms with E-state index in [1.807, 2.05) is 0 Å². The molecule has 0 radical (unpaired) electrons. The fourth-order valence-electron chi connectivity index (χ4n) is 1.92. The SMILES string of the molecule is CC(C)[C@@H](NC(=O)C[C@@H]1CCCCO1)C(=O)O. The van der Waals surface area contributed by atoms with Crippen LogP contribution in [0.2, 0.25) is 0 Å². The summed E-state index contributed by atoms with van der Waals surface area (Å²) >= 11 is 0. The summed E-state index contributed by atoms with van der Waals surface area (Å²) < 4.78 is 5.44. The van der Waals surface area contributed by atoms with Gasteiger partial charge in [0.15, 0.2) is 0 Å². The number of carbonyl (C=O) groups excluding carboxylic acids is 1. The third-order valence-corrected chi connectivity index (χ3v) is 2.94. The van der Waals surface area contributed by atoms with E-state index < -0.39 is 12.0 Å². The van der Waals surface area contributed by atoms with Gasteiger partial charge in [0.1, 0.15) is 6.04 Å². The Morgan fingerprint density at radius 2 is 2.12 bits per heavy atom. The molecule has 2 atom stereocenters. The van der Waals surface area contributed by atoms with E-state index in [0.29, 0.717) is 6.61 Å². The summed E-state index contributed by atoms with van der Waals surface area (Å²) in [6, 6.07) is -0.814. The number of amides is 1. The molecule has 1 amide bonds. The van der Waals surface area contributed by atoms with Gasteiger partial charge in [0.05, 0.1) is 12.5 Å². The molecule has 0 saturated carbocycles. The molecule has 5 nitrogen and oxygen atoms in total. The lowest BCUT2D eigenvalue weighted by atomic mass is 10.0. The van der Waals surface area contributed by atoms with Crippen LogP contribution in [-0.4, -0.2) is 35.7 Å². The molecule has 0 aromatic carbocycles. The Labute approximate surface area is 102 Å². The van der Waals surface area contributed by atoms with Gasteiger partial charge in [-0.2, -0.15) is 0 Å². The summed E-state index contributed by atoms with van der Waals surface area (Å²) in [4.78, 5) is 22.6. The second kappa shape index (κ2) is 6.59. The van der Waals surface area contributed by atoms with Crippen LogP contribution in [0.15, 0.2) is 0 Å². The first-order valence-corrected chi connectivity index (χ1v) is 6.14. The second-order valence-corrected chi connectivity index (χ2v) is 4.82. The monoisotopic (exact) mass is 243 g/mol. The number of carboxylic acids is 1. The first-order valence-electron chi connectivity index (χ1n) is 6.14. The molecule has 0 aromatic rings. The highest BCUT2D eigenvalue weighted by atomic mass is 16.5. The van der Waals surface area contributed by atoms with Gasteiger partial charge in [-0.1, -0.05) is 13.8 Å². The highest BCUT2D eigenvalue weighted by Crippen LogP contribution is 2.15. The van der Waals surface area contributed by atoms with Crippen LogP contribution in [0.4, 0.5) is 0 Å². The smallest absolute Gasteiger partial charge is 0.326 e. The minimum absolute atomic E-state index is 0.0506.